The summed E-state index contributed by atoms with van der Waals surface area (Å²) in [5.41, 5.74) is 0. The van der Waals surface area contributed by atoms with E-state index in [1.54, 1.807) is 0 Å². The Bertz CT molecular complexity index is 211. The van der Waals surface area contributed by atoms with Crippen molar-refractivity contribution in [1.29, 1.82) is 0 Å². The first-order valence-electron chi connectivity index (χ1n) is 4.62. The fraction of sp³-hybridized carbons (Fsp3) is 0.875. The van der Waals surface area contributed by atoms with Gasteiger partial charge in [-0.05, 0) is 0 Å². The summed E-state index contributed by atoms with van der Waals surface area (Å²) in [5, 5.41) is 24.7. The molecule has 1 aliphatic rings. The molecule has 0 spiro atoms. The Balaban J connectivity index is 2.45. The van der Waals surface area contributed by atoms with Gasteiger partial charge in [-0.3, -0.25) is 9.83 Å². The number of hydrogen-bond donors (Lipinski definition) is 2. The van der Waals surface area contributed by atoms with Gasteiger partial charge in [0.05, 0.1) is 19.3 Å². The van der Waals surface area contributed by atoms with Gasteiger partial charge in [-0.15, -0.1) is 0 Å². The zero-order chi connectivity index (χ0) is 11.3. The van der Waals surface area contributed by atoms with Gasteiger partial charge in [0.1, 0.15) is 12.2 Å². The van der Waals surface area contributed by atoms with Crippen molar-refractivity contribution < 1.29 is 29.8 Å². The first kappa shape index (κ1) is 12.3. The van der Waals surface area contributed by atoms with Crippen LogP contribution in [-0.2, 0) is 19.5 Å². The molecule has 7 heteroatoms. The lowest BCUT2D eigenvalue weighted by molar-refractivity contribution is -0.806. The van der Waals surface area contributed by atoms with Gasteiger partial charge in [0, 0.05) is 13.3 Å². The molecule has 0 aromatic rings. The Hall–Kier alpha value is -0.730. The van der Waals surface area contributed by atoms with Gasteiger partial charge in [0.25, 0.3) is 0 Å². The molecule has 7 nitrogen and oxygen atoms in total. The van der Waals surface area contributed by atoms with Crippen molar-refractivity contribution in [3.8, 4) is 0 Å². The van der Waals surface area contributed by atoms with Gasteiger partial charge in [0.2, 0.25) is 5.91 Å². The van der Waals surface area contributed by atoms with E-state index < -0.39 is 12.2 Å². The molecule has 1 rings (SSSR count). The number of nitrogens with one attached hydrogen (secondary N) is 1. The van der Waals surface area contributed by atoms with Crippen LogP contribution < -0.4 is 10.6 Å². The standard InChI is InChI=1S/C8H15NO6/c1-5(11)9-6-2-7(14-15-12)8(3-10)13-4-6/h6-8,10,12H,2-4H2,1H3,(H,9,11)/p-1/t6?,7-,8?/m1/s1. The highest BCUT2D eigenvalue weighted by atomic mass is 17.5. The Morgan fingerprint density at radius 2 is 2.47 bits per heavy atom. The smallest absolute Gasteiger partial charge is 0.217 e. The predicted molar refractivity (Wildman–Crippen MR) is 45.0 cm³/mol. The monoisotopic (exact) mass is 220 g/mol. The van der Waals surface area contributed by atoms with Gasteiger partial charge in [-0.25, -0.2) is 4.89 Å². The number of ether oxygens (including phenoxy) is 1. The molecule has 0 aliphatic carbocycles. The average Bonchev–Trinajstić information content (AvgIpc) is 2.18. The zero-order valence-corrected chi connectivity index (χ0v) is 8.34. The van der Waals surface area contributed by atoms with Crippen LogP contribution in [0.2, 0.25) is 0 Å². The number of carbonyl (C=O) groups excluding carboxylic acids is 1. The van der Waals surface area contributed by atoms with Gasteiger partial charge in [-0.1, -0.05) is 0 Å². The molecule has 1 heterocycles. The fourth-order valence-corrected chi connectivity index (χ4v) is 1.56. The lowest BCUT2D eigenvalue weighted by Crippen LogP contribution is -2.50. The van der Waals surface area contributed by atoms with Crippen molar-refractivity contribution in [3.05, 3.63) is 0 Å². The molecule has 0 radical (unpaired) electrons. The first-order valence-corrected chi connectivity index (χ1v) is 4.62. The minimum atomic E-state index is -0.668. The van der Waals surface area contributed by atoms with Crippen LogP contribution in [0.5, 0.6) is 0 Å². The summed E-state index contributed by atoms with van der Waals surface area (Å²) < 4.78 is 5.20. The molecule has 0 aromatic carbocycles. The minimum absolute atomic E-state index is 0.187. The highest BCUT2D eigenvalue weighted by Crippen LogP contribution is 2.17. The van der Waals surface area contributed by atoms with E-state index in [0.717, 1.165) is 0 Å². The maximum atomic E-state index is 10.8. The van der Waals surface area contributed by atoms with E-state index in [1.165, 1.54) is 6.92 Å². The molecular weight excluding hydrogens is 206 g/mol. The second-order valence-corrected chi connectivity index (χ2v) is 3.39. The summed E-state index contributed by atoms with van der Waals surface area (Å²) in [6, 6.07) is -0.231. The number of aliphatic hydroxyl groups is 1. The highest BCUT2D eigenvalue weighted by Gasteiger charge is 2.32. The topological polar surface area (TPSA) is 100 Å². The van der Waals surface area contributed by atoms with E-state index in [4.69, 9.17) is 9.84 Å². The van der Waals surface area contributed by atoms with Crippen molar-refractivity contribution in [2.45, 2.75) is 31.6 Å². The van der Waals surface area contributed by atoms with E-state index in [2.05, 4.69) is 15.2 Å². The van der Waals surface area contributed by atoms with Gasteiger partial charge in [0.15, 0.2) is 0 Å². The third-order valence-corrected chi connectivity index (χ3v) is 2.19. The van der Waals surface area contributed by atoms with Crippen molar-refractivity contribution in [1.82, 2.24) is 5.32 Å². The van der Waals surface area contributed by atoms with Crippen molar-refractivity contribution in [2.75, 3.05) is 13.2 Å². The summed E-state index contributed by atoms with van der Waals surface area (Å²) in [6.07, 6.45) is -0.894. The van der Waals surface area contributed by atoms with Crippen LogP contribution in [0.15, 0.2) is 0 Å². The summed E-state index contributed by atoms with van der Waals surface area (Å²) in [5.74, 6) is -0.187. The third-order valence-electron chi connectivity index (χ3n) is 2.19. The van der Waals surface area contributed by atoms with E-state index in [9.17, 15) is 10.1 Å². The zero-order valence-electron chi connectivity index (χ0n) is 8.34. The minimum Gasteiger partial charge on any atom is -0.692 e. The van der Waals surface area contributed by atoms with Crippen molar-refractivity contribution in [3.63, 3.8) is 0 Å². The number of amides is 1. The van der Waals surface area contributed by atoms with Crippen LogP contribution in [-0.4, -0.2) is 42.5 Å². The number of aliphatic hydroxyl groups excluding tert-OH is 1. The molecule has 15 heavy (non-hydrogen) atoms. The predicted octanol–water partition coefficient (Wildman–Crippen LogP) is -2.14. The molecule has 3 atom stereocenters. The fourth-order valence-electron chi connectivity index (χ4n) is 1.56. The Labute approximate surface area is 86.8 Å². The number of carbonyl (C=O) groups is 1. The molecule has 1 amide bonds. The van der Waals surface area contributed by atoms with Gasteiger partial charge in [-0.2, -0.15) is 0 Å². The van der Waals surface area contributed by atoms with Crippen molar-refractivity contribution >= 4 is 5.91 Å². The molecule has 2 N–H and O–H groups in total. The summed E-state index contributed by atoms with van der Waals surface area (Å²) >= 11 is 0. The summed E-state index contributed by atoms with van der Waals surface area (Å²) in [4.78, 5) is 15.2. The van der Waals surface area contributed by atoms with E-state index in [0.29, 0.717) is 6.42 Å². The molecule has 2 unspecified atom stereocenters. The Morgan fingerprint density at radius 3 is 3.00 bits per heavy atom. The molecule has 0 saturated carbocycles. The largest absolute Gasteiger partial charge is 0.692 e. The van der Waals surface area contributed by atoms with Crippen molar-refractivity contribution in [2.24, 2.45) is 0 Å². The molecule has 88 valence electrons. The SMILES string of the molecule is CC(=O)NC1COC(CO)[C@H](OO[O-])C1. The van der Waals surface area contributed by atoms with Crippen LogP contribution >= 0.6 is 0 Å². The first-order chi connectivity index (χ1) is 7.17. The number of hydrogen-bond acceptors (Lipinski definition) is 6. The second-order valence-electron chi connectivity index (χ2n) is 3.39. The maximum Gasteiger partial charge on any atom is 0.217 e. The second kappa shape index (κ2) is 5.99. The van der Waals surface area contributed by atoms with Gasteiger partial charge < -0.3 is 20.4 Å². The maximum absolute atomic E-state index is 10.8. The highest BCUT2D eigenvalue weighted by molar-refractivity contribution is 5.73. The van der Waals surface area contributed by atoms with Crippen LogP contribution in [0.25, 0.3) is 0 Å². The van der Waals surface area contributed by atoms with Gasteiger partial charge >= 0.3 is 0 Å². The summed E-state index contributed by atoms with van der Waals surface area (Å²) in [7, 11) is 0. The lowest BCUT2D eigenvalue weighted by Gasteiger charge is -2.34. The lowest BCUT2D eigenvalue weighted by atomic mass is 10.0. The third kappa shape index (κ3) is 3.73. The molecule has 0 aromatic heterocycles. The van der Waals surface area contributed by atoms with Crippen LogP contribution in [0.4, 0.5) is 0 Å². The van der Waals surface area contributed by atoms with Crippen LogP contribution in [0.1, 0.15) is 13.3 Å². The molecule has 1 aliphatic heterocycles. The normalized spacial score (nSPS) is 31.3. The molecule has 1 fully saturated rings. The quantitative estimate of drug-likeness (QED) is 0.414. The van der Waals surface area contributed by atoms with E-state index in [1.807, 2.05) is 0 Å². The molecular formula is C8H14NO6-. The Kier molecular flexibility index (Phi) is 4.92. The molecule has 1 saturated heterocycles. The summed E-state index contributed by atoms with van der Waals surface area (Å²) in [6.45, 7) is 1.41. The average molecular weight is 220 g/mol. The van der Waals surface area contributed by atoms with Crippen LogP contribution in [0, 0.1) is 0 Å². The van der Waals surface area contributed by atoms with Crippen LogP contribution in [0.3, 0.4) is 0 Å². The van der Waals surface area contributed by atoms with E-state index in [-0.39, 0.29) is 25.2 Å². The van der Waals surface area contributed by atoms with E-state index >= 15 is 0 Å². The molecule has 0 bridgehead atoms. The number of rotatable bonds is 4. The Morgan fingerprint density at radius 1 is 1.73 bits per heavy atom.